The Morgan fingerprint density at radius 2 is 2.00 bits per heavy atom. The lowest BCUT2D eigenvalue weighted by molar-refractivity contribution is 0.411. The van der Waals surface area contributed by atoms with E-state index in [0.29, 0.717) is 17.7 Å². The van der Waals surface area contributed by atoms with E-state index < -0.39 is 0 Å². The summed E-state index contributed by atoms with van der Waals surface area (Å²) >= 11 is 0. The number of hydrogen-bond donors (Lipinski definition) is 1. The molecule has 90 valence electrons. The Balaban J connectivity index is 2.83. The number of methoxy groups -OCH3 is 1. The topological polar surface area (TPSA) is 21.3 Å². The van der Waals surface area contributed by atoms with Crippen molar-refractivity contribution < 1.29 is 9.13 Å². The van der Waals surface area contributed by atoms with Crippen molar-refractivity contribution in [1.29, 1.82) is 0 Å². The van der Waals surface area contributed by atoms with Crippen LogP contribution in [0.3, 0.4) is 0 Å². The van der Waals surface area contributed by atoms with Gasteiger partial charge in [0.2, 0.25) is 0 Å². The van der Waals surface area contributed by atoms with Gasteiger partial charge in [-0.3, -0.25) is 0 Å². The summed E-state index contributed by atoms with van der Waals surface area (Å²) in [6.07, 6.45) is 1.01. The Hall–Kier alpha value is -1.25. The molecular weight excluding hydrogens is 205 g/mol. The maximum Gasteiger partial charge on any atom is 0.128 e. The Labute approximate surface area is 96.8 Å². The fourth-order valence-electron chi connectivity index (χ4n) is 1.72. The molecule has 0 aliphatic rings. The molecule has 1 aromatic carbocycles. The van der Waals surface area contributed by atoms with Crippen molar-refractivity contribution in [3.05, 3.63) is 24.0 Å². The van der Waals surface area contributed by atoms with Gasteiger partial charge in [0.1, 0.15) is 11.6 Å². The SMILES string of the molecule is CCC(Nc1cc(F)cc(OC)c1)C(C)C. The second-order valence-electron chi connectivity index (χ2n) is 4.28. The summed E-state index contributed by atoms with van der Waals surface area (Å²) in [5, 5.41) is 3.32. The molecule has 0 spiro atoms. The van der Waals surface area contributed by atoms with Crippen LogP contribution in [-0.4, -0.2) is 13.2 Å². The number of ether oxygens (including phenoxy) is 1. The van der Waals surface area contributed by atoms with Crippen LogP contribution < -0.4 is 10.1 Å². The van der Waals surface area contributed by atoms with Gasteiger partial charge in [0, 0.05) is 23.9 Å². The molecule has 0 heterocycles. The fraction of sp³-hybridized carbons (Fsp3) is 0.538. The minimum Gasteiger partial charge on any atom is -0.497 e. The molecule has 16 heavy (non-hydrogen) atoms. The molecule has 0 fully saturated rings. The average molecular weight is 225 g/mol. The van der Waals surface area contributed by atoms with Gasteiger partial charge in [0.25, 0.3) is 0 Å². The van der Waals surface area contributed by atoms with Crippen LogP contribution >= 0.6 is 0 Å². The highest BCUT2D eigenvalue weighted by atomic mass is 19.1. The van der Waals surface area contributed by atoms with E-state index in [1.54, 1.807) is 0 Å². The molecule has 1 atom stereocenters. The summed E-state index contributed by atoms with van der Waals surface area (Å²) in [6, 6.07) is 5.04. The molecule has 1 rings (SSSR count). The standard InChI is InChI=1S/C13H20FNO/c1-5-13(9(2)3)15-11-6-10(14)7-12(8-11)16-4/h6-9,13,15H,5H2,1-4H3. The summed E-state index contributed by atoms with van der Waals surface area (Å²) in [5.74, 6) is 0.779. The van der Waals surface area contributed by atoms with Crippen LogP contribution in [0.25, 0.3) is 0 Å². The minimum absolute atomic E-state index is 0.277. The lowest BCUT2D eigenvalue weighted by Crippen LogP contribution is -2.24. The van der Waals surface area contributed by atoms with Crippen LogP contribution in [0.2, 0.25) is 0 Å². The second-order valence-corrected chi connectivity index (χ2v) is 4.28. The van der Waals surface area contributed by atoms with Gasteiger partial charge in [-0.15, -0.1) is 0 Å². The van der Waals surface area contributed by atoms with E-state index in [1.807, 2.05) is 6.07 Å². The van der Waals surface area contributed by atoms with Crippen molar-refractivity contribution in [3.8, 4) is 5.75 Å². The first-order chi connectivity index (χ1) is 7.56. The van der Waals surface area contributed by atoms with Crippen molar-refractivity contribution >= 4 is 5.69 Å². The first-order valence-electron chi connectivity index (χ1n) is 5.68. The molecule has 1 unspecified atom stereocenters. The summed E-state index contributed by atoms with van der Waals surface area (Å²) in [5.41, 5.74) is 0.775. The third-order valence-electron chi connectivity index (χ3n) is 2.70. The van der Waals surface area contributed by atoms with Gasteiger partial charge >= 0.3 is 0 Å². The van der Waals surface area contributed by atoms with Crippen LogP contribution in [0.1, 0.15) is 27.2 Å². The maximum absolute atomic E-state index is 13.3. The molecule has 0 radical (unpaired) electrons. The molecule has 0 aliphatic heterocycles. The molecule has 1 aromatic rings. The maximum atomic E-state index is 13.3. The third kappa shape index (κ3) is 3.40. The van der Waals surface area contributed by atoms with Gasteiger partial charge in [-0.25, -0.2) is 4.39 Å². The molecule has 0 aliphatic carbocycles. The lowest BCUT2D eigenvalue weighted by Gasteiger charge is -2.22. The molecular formula is C13H20FNO. The number of halogens is 1. The predicted molar refractivity (Wildman–Crippen MR) is 65.5 cm³/mol. The number of benzene rings is 1. The number of rotatable bonds is 5. The van der Waals surface area contributed by atoms with E-state index in [1.165, 1.54) is 19.2 Å². The Bertz CT molecular complexity index is 339. The summed E-state index contributed by atoms with van der Waals surface area (Å²) < 4.78 is 18.3. The molecule has 3 heteroatoms. The first-order valence-corrected chi connectivity index (χ1v) is 5.68. The highest BCUT2D eigenvalue weighted by molar-refractivity contribution is 5.49. The van der Waals surface area contributed by atoms with Crippen LogP contribution in [-0.2, 0) is 0 Å². The first kappa shape index (κ1) is 12.8. The summed E-state index contributed by atoms with van der Waals surface area (Å²) in [4.78, 5) is 0. The van der Waals surface area contributed by atoms with Crippen molar-refractivity contribution in [3.63, 3.8) is 0 Å². The molecule has 0 aromatic heterocycles. The lowest BCUT2D eigenvalue weighted by atomic mass is 10.0. The van der Waals surface area contributed by atoms with Gasteiger partial charge in [0.15, 0.2) is 0 Å². The Morgan fingerprint density at radius 1 is 1.31 bits per heavy atom. The van der Waals surface area contributed by atoms with Gasteiger partial charge in [-0.2, -0.15) is 0 Å². The van der Waals surface area contributed by atoms with E-state index >= 15 is 0 Å². The largest absolute Gasteiger partial charge is 0.497 e. The molecule has 2 nitrogen and oxygen atoms in total. The van der Waals surface area contributed by atoms with E-state index in [2.05, 4.69) is 26.1 Å². The van der Waals surface area contributed by atoms with Crippen LogP contribution in [0.15, 0.2) is 18.2 Å². The molecule has 1 N–H and O–H groups in total. The highest BCUT2D eigenvalue weighted by Gasteiger charge is 2.11. The van der Waals surface area contributed by atoms with Gasteiger partial charge in [-0.1, -0.05) is 20.8 Å². The fourth-order valence-corrected chi connectivity index (χ4v) is 1.72. The van der Waals surface area contributed by atoms with E-state index in [0.717, 1.165) is 12.1 Å². The quantitative estimate of drug-likeness (QED) is 0.825. The zero-order chi connectivity index (χ0) is 12.1. The van der Waals surface area contributed by atoms with Gasteiger partial charge in [-0.05, 0) is 18.4 Å². The monoisotopic (exact) mass is 225 g/mol. The summed E-state index contributed by atoms with van der Waals surface area (Å²) in [6.45, 7) is 6.42. The second kappa shape index (κ2) is 5.73. The number of anilines is 1. The number of hydrogen-bond acceptors (Lipinski definition) is 2. The van der Waals surface area contributed by atoms with Crippen molar-refractivity contribution in [2.75, 3.05) is 12.4 Å². The van der Waals surface area contributed by atoms with Crippen molar-refractivity contribution in [1.82, 2.24) is 0 Å². The molecule has 0 saturated heterocycles. The normalized spacial score (nSPS) is 12.6. The van der Waals surface area contributed by atoms with E-state index in [9.17, 15) is 4.39 Å². The zero-order valence-electron chi connectivity index (χ0n) is 10.4. The van der Waals surface area contributed by atoms with Crippen LogP contribution in [0.4, 0.5) is 10.1 Å². The van der Waals surface area contributed by atoms with Gasteiger partial charge < -0.3 is 10.1 Å². The summed E-state index contributed by atoms with van der Waals surface area (Å²) in [7, 11) is 1.54. The van der Waals surface area contributed by atoms with E-state index in [-0.39, 0.29) is 5.82 Å². The Kier molecular flexibility index (Phi) is 4.59. The smallest absolute Gasteiger partial charge is 0.128 e. The Morgan fingerprint density at radius 3 is 2.50 bits per heavy atom. The zero-order valence-corrected chi connectivity index (χ0v) is 10.4. The predicted octanol–water partition coefficient (Wildman–Crippen LogP) is 3.68. The number of nitrogens with one attached hydrogen (secondary N) is 1. The molecule has 0 bridgehead atoms. The van der Waals surface area contributed by atoms with Crippen molar-refractivity contribution in [2.24, 2.45) is 5.92 Å². The molecule has 0 saturated carbocycles. The minimum atomic E-state index is -0.277. The van der Waals surface area contributed by atoms with E-state index in [4.69, 9.17) is 4.74 Å². The van der Waals surface area contributed by atoms with Crippen LogP contribution in [0, 0.1) is 11.7 Å². The van der Waals surface area contributed by atoms with Crippen molar-refractivity contribution in [2.45, 2.75) is 33.2 Å². The molecule has 0 amide bonds. The average Bonchev–Trinajstić information content (AvgIpc) is 2.24. The third-order valence-corrected chi connectivity index (χ3v) is 2.70. The highest BCUT2D eigenvalue weighted by Crippen LogP contribution is 2.22. The van der Waals surface area contributed by atoms with Gasteiger partial charge in [0.05, 0.1) is 7.11 Å². The van der Waals surface area contributed by atoms with Crippen LogP contribution in [0.5, 0.6) is 5.75 Å².